The van der Waals surface area contributed by atoms with Crippen molar-refractivity contribution < 1.29 is 14.2 Å². The Morgan fingerprint density at radius 2 is 1.72 bits per heavy atom. The van der Waals surface area contributed by atoms with E-state index in [-0.39, 0.29) is 5.56 Å². The van der Waals surface area contributed by atoms with E-state index in [9.17, 15) is 4.79 Å². The first-order valence-corrected chi connectivity index (χ1v) is 9.64. The highest BCUT2D eigenvalue weighted by Gasteiger charge is 2.16. The molecule has 2 aromatic carbocycles. The van der Waals surface area contributed by atoms with Gasteiger partial charge >= 0.3 is 0 Å². The van der Waals surface area contributed by atoms with Crippen LogP contribution in [0.25, 0.3) is 22.4 Å². The molecule has 0 unspecified atom stereocenters. The lowest BCUT2D eigenvalue weighted by Crippen LogP contribution is -2.23. The van der Waals surface area contributed by atoms with Crippen molar-refractivity contribution in [2.24, 2.45) is 0 Å². The second-order valence-corrected chi connectivity index (χ2v) is 7.39. The number of fused-ring (bicyclic) bond motifs is 1. The maximum Gasteiger partial charge on any atom is 0.276 e. The third-order valence-electron chi connectivity index (χ3n) is 4.51. The van der Waals surface area contributed by atoms with Crippen molar-refractivity contribution in [3.05, 3.63) is 62.4 Å². The number of aryl methyl sites for hydroxylation is 1. The van der Waals surface area contributed by atoms with Gasteiger partial charge in [-0.1, -0.05) is 35.1 Å². The molecule has 0 aliphatic carbocycles. The summed E-state index contributed by atoms with van der Waals surface area (Å²) in [5.74, 6) is 2.08. The second-order valence-electron chi connectivity index (χ2n) is 6.39. The van der Waals surface area contributed by atoms with Gasteiger partial charge < -0.3 is 14.2 Å². The normalized spacial score (nSPS) is 11.8. The van der Waals surface area contributed by atoms with Crippen molar-refractivity contribution in [3.8, 4) is 28.6 Å². The largest absolute Gasteiger partial charge is 0.493 e. The molecule has 0 spiro atoms. The maximum absolute atomic E-state index is 13.1. The van der Waals surface area contributed by atoms with E-state index in [1.165, 1.54) is 11.3 Å². The molecule has 0 bridgehead atoms. The van der Waals surface area contributed by atoms with Crippen molar-refractivity contribution in [2.45, 2.75) is 6.92 Å². The lowest BCUT2D eigenvalue weighted by molar-refractivity contribution is 0.324. The van der Waals surface area contributed by atoms with Gasteiger partial charge in [0.25, 0.3) is 5.56 Å². The molecule has 7 nitrogen and oxygen atoms in total. The van der Waals surface area contributed by atoms with Crippen LogP contribution in [0, 0.1) is 6.92 Å². The van der Waals surface area contributed by atoms with Gasteiger partial charge in [-0.25, -0.2) is 4.40 Å². The van der Waals surface area contributed by atoms with E-state index in [0.29, 0.717) is 32.6 Å². The lowest BCUT2D eigenvalue weighted by atomic mass is 10.1. The molecule has 4 aromatic rings. The molecule has 4 rings (SSSR count). The summed E-state index contributed by atoms with van der Waals surface area (Å²) in [6, 6.07) is 11.4. The van der Waals surface area contributed by atoms with Crippen LogP contribution in [0.2, 0.25) is 0 Å². The number of ether oxygens (including phenoxy) is 3. The molecule has 8 heteroatoms. The van der Waals surface area contributed by atoms with E-state index in [2.05, 4.69) is 10.2 Å². The Bertz CT molecular complexity index is 1280. The van der Waals surface area contributed by atoms with E-state index in [0.717, 1.165) is 16.7 Å². The van der Waals surface area contributed by atoms with E-state index in [1.54, 1.807) is 43.9 Å². The Balaban J connectivity index is 1.89. The minimum atomic E-state index is -0.166. The van der Waals surface area contributed by atoms with Crippen LogP contribution in [0.1, 0.15) is 11.1 Å². The van der Waals surface area contributed by atoms with Crippen LogP contribution in [-0.2, 0) is 0 Å². The SMILES string of the molecule is COc1cc(/C=c2\sc3nnc(-c4cccc(C)c4)n3c2=O)cc(OC)c1OC. The molecule has 0 amide bonds. The average molecular weight is 409 g/mol. The molecule has 0 atom stereocenters. The summed E-state index contributed by atoms with van der Waals surface area (Å²) >= 11 is 1.28. The molecule has 0 saturated carbocycles. The zero-order valence-corrected chi connectivity index (χ0v) is 17.2. The second kappa shape index (κ2) is 7.56. The first kappa shape index (κ1) is 18.9. The van der Waals surface area contributed by atoms with Gasteiger partial charge in [-0.2, -0.15) is 0 Å². The van der Waals surface area contributed by atoms with Gasteiger partial charge in [0, 0.05) is 5.56 Å². The van der Waals surface area contributed by atoms with Gasteiger partial charge in [0.05, 0.1) is 25.9 Å². The van der Waals surface area contributed by atoms with Gasteiger partial charge in [-0.3, -0.25) is 4.79 Å². The van der Waals surface area contributed by atoms with Gasteiger partial charge in [0.2, 0.25) is 10.7 Å². The van der Waals surface area contributed by atoms with Crippen molar-refractivity contribution in [3.63, 3.8) is 0 Å². The molecule has 0 aliphatic heterocycles. The molecule has 0 saturated heterocycles. The minimum Gasteiger partial charge on any atom is -0.493 e. The Morgan fingerprint density at radius 3 is 2.34 bits per heavy atom. The standard InChI is InChI=1S/C21H19N3O4S/c1-12-6-5-7-14(8-12)19-22-23-21-24(19)20(25)17(29-21)11-13-9-15(26-2)18(28-4)16(10-13)27-3/h5-11H,1-4H3/b17-11-. The Labute approximate surface area is 170 Å². The minimum absolute atomic E-state index is 0.166. The number of thiazole rings is 1. The fourth-order valence-electron chi connectivity index (χ4n) is 3.17. The lowest BCUT2D eigenvalue weighted by Gasteiger charge is -2.12. The van der Waals surface area contributed by atoms with Crippen molar-refractivity contribution in [2.75, 3.05) is 21.3 Å². The molecule has 148 valence electrons. The van der Waals surface area contributed by atoms with Crippen LogP contribution in [0.3, 0.4) is 0 Å². The van der Waals surface area contributed by atoms with E-state index in [4.69, 9.17) is 14.2 Å². The van der Waals surface area contributed by atoms with Crippen LogP contribution >= 0.6 is 11.3 Å². The number of nitrogens with zero attached hydrogens (tertiary/aromatic N) is 3. The van der Waals surface area contributed by atoms with Crippen LogP contribution in [-0.4, -0.2) is 35.9 Å². The first-order valence-electron chi connectivity index (χ1n) is 8.82. The monoisotopic (exact) mass is 409 g/mol. The number of benzene rings is 2. The quantitative estimate of drug-likeness (QED) is 0.505. The highest BCUT2D eigenvalue weighted by Crippen LogP contribution is 2.38. The van der Waals surface area contributed by atoms with Gasteiger partial charge in [0.15, 0.2) is 17.3 Å². The Hall–Kier alpha value is -3.39. The number of aromatic nitrogens is 3. The van der Waals surface area contributed by atoms with Crippen molar-refractivity contribution in [1.29, 1.82) is 0 Å². The molecular formula is C21H19N3O4S. The Morgan fingerprint density at radius 1 is 1.00 bits per heavy atom. The van der Waals surface area contributed by atoms with Gasteiger partial charge in [-0.15, -0.1) is 10.2 Å². The molecule has 2 aromatic heterocycles. The summed E-state index contributed by atoms with van der Waals surface area (Å²) < 4.78 is 18.2. The van der Waals surface area contributed by atoms with E-state index < -0.39 is 0 Å². The summed E-state index contributed by atoms with van der Waals surface area (Å²) in [5, 5.41) is 8.39. The summed E-state index contributed by atoms with van der Waals surface area (Å²) in [6.07, 6.45) is 1.78. The number of rotatable bonds is 5. The van der Waals surface area contributed by atoms with Crippen LogP contribution in [0.4, 0.5) is 0 Å². The van der Waals surface area contributed by atoms with Crippen LogP contribution in [0.5, 0.6) is 17.2 Å². The summed E-state index contributed by atoms with van der Waals surface area (Å²) in [6.45, 7) is 2.00. The van der Waals surface area contributed by atoms with Crippen LogP contribution in [0.15, 0.2) is 41.2 Å². The van der Waals surface area contributed by atoms with E-state index in [1.807, 2.05) is 31.2 Å². The summed E-state index contributed by atoms with van der Waals surface area (Å²) in [7, 11) is 4.66. The zero-order chi connectivity index (χ0) is 20.5. The predicted molar refractivity (Wildman–Crippen MR) is 112 cm³/mol. The highest BCUT2D eigenvalue weighted by molar-refractivity contribution is 7.15. The number of hydrogen-bond donors (Lipinski definition) is 0. The molecule has 2 heterocycles. The molecule has 0 fully saturated rings. The maximum atomic E-state index is 13.1. The highest BCUT2D eigenvalue weighted by atomic mass is 32.1. The van der Waals surface area contributed by atoms with Crippen LogP contribution < -0.4 is 24.3 Å². The Kier molecular flexibility index (Phi) is 4.94. The molecular weight excluding hydrogens is 390 g/mol. The molecule has 0 radical (unpaired) electrons. The predicted octanol–water partition coefficient (Wildman–Crippen LogP) is 2.70. The van der Waals surface area contributed by atoms with Crippen molar-refractivity contribution >= 4 is 22.4 Å². The third kappa shape index (κ3) is 3.31. The average Bonchev–Trinajstić information content (AvgIpc) is 3.27. The molecule has 0 aliphatic rings. The molecule has 0 N–H and O–H groups in total. The zero-order valence-electron chi connectivity index (χ0n) is 16.4. The van der Waals surface area contributed by atoms with Gasteiger partial charge in [0.1, 0.15) is 0 Å². The fraction of sp³-hybridized carbons (Fsp3) is 0.190. The van der Waals surface area contributed by atoms with Crippen molar-refractivity contribution in [1.82, 2.24) is 14.6 Å². The number of hydrogen-bond acceptors (Lipinski definition) is 7. The topological polar surface area (TPSA) is 75.0 Å². The van der Waals surface area contributed by atoms with E-state index >= 15 is 0 Å². The van der Waals surface area contributed by atoms with Gasteiger partial charge in [-0.05, 0) is 36.8 Å². The fourth-order valence-corrected chi connectivity index (χ4v) is 4.08. The first-order chi connectivity index (χ1) is 14.0. The summed E-state index contributed by atoms with van der Waals surface area (Å²) in [5.41, 5.74) is 2.53. The summed E-state index contributed by atoms with van der Waals surface area (Å²) in [4.78, 5) is 13.6. The number of methoxy groups -OCH3 is 3. The third-order valence-corrected chi connectivity index (χ3v) is 5.47. The molecule has 29 heavy (non-hydrogen) atoms. The smallest absolute Gasteiger partial charge is 0.276 e.